The molecule has 0 unspecified atom stereocenters. The van der Waals surface area contributed by atoms with Crippen molar-refractivity contribution >= 4 is 5.78 Å². The second kappa shape index (κ2) is 12.6. The second-order valence-corrected chi connectivity index (χ2v) is 12.1. The lowest BCUT2D eigenvalue weighted by Crippen LogP contribution is -2.44. The van der Waals surface area contributed by atoms with Crippen molar-refractivity contribution in [3.63, 3.8) is 0 Å². The number of hydrogen-bond acceptors (Lipinski definition) is 6. The summed E-state index contributed by atoms with van der Waals surface area (Å²) in [5, 5.41) is 42.3. The topological polar surface area (TPSA) is 107 Å². The van der Waals surface area contributed by atoms with Gasteiger partial charge in [0.2, 0.25) is 0 Å². The summed E-state index contributed by atoms with van der Waals surface area (Å²) in [6.07, 6.45) is 7.42. The van der Waals surface area contributed by atoms with Gasteiger partial charge in [-0.25, -0.2) is 0 Å². The van der Waals surface area contributed by atoms with E-state index in [0.29, 0.717) is 24.5 Å². The number of ketones is 1. The largest absolute Gasteiger partial charge is 0.504 e. The summed E-state index contributed by atoms with van der Waals surface area (Å²) in [5.74, 6) is 0.621. The van der Waals surface area contributed by atoms with Gasteiger partial charge in [-0.05, 0) is 91.7 Å². The predicted octanol–water partition coefficient (Wildman–Crippen LogP) is 6.70. The molecular weight excluding hydrogens is 516 g/mol. The van der Waals surface area contributed by atoms with Crippen molar-refractivity contribution in [3.8, 4) is 23.0 Å². The van der Waals surface area contributed by atoms with Crippen molar-refractivity contribution in [3.05, 3.63) is 82.9 Å². The van der Waals surface area contributed by atoms with Crippen molar-refractivity contribution in [2.75, 3.05) is 7.11 Å². The molecule has 0 aromatic heterocycles. The molecule has 4 N–H and O–H groups in total. The third kappa shape index (κ3) is 6.23. The summed E-state index contributed by atoms with van der Waals surface area (Å²) < 4.78 is 5.34. The minimum absolute atomic E-state index is 0.0101. The summed E-state index contributed by atoms with van der Waals surface area (Å²) in [6, 6.07) is 18.9. The number of rotatable bonds is 11. The number of carbonyl (C=O) groups is 1. The molecule has 6 nitrogen and oxygen atoms in total. The Kier molecular flexibility index (Phi) is 8.88. The number of aliphatic hydroxyl groups is 1. The van der Waals surface area contributed by atoms with Crippen molar-refractivity contribution < 1.29 is 30.0 Å². The van der Waals surface area contributed by atoms with Gasteiger partial charge in [0.05, 0.1) is 13.2 Å². The van der Waals surface area contributed by atoms with E-state index < -0.39 is 6.10 Å². The number of phenolic OH excluding ortho intramolecular Hbond substituents is 3. The molecule has 218 valence electrons. The molecule has 2 aliphatic rings. The van der Waals surface area contributed by atoms with E-state index in [2.05, 4.69) is 12.1 Å². The molecule has 3 aromatic rings. The summed E-state index contributed by atoms with van der Waals surface area (Å²) in [5.41, 5.74) is 3.66. The van der Waals surface area contributed by atoms with Crippen LogP contribution in [-0.2, 0) is 23.1 Å². The number of aromatic hydroxyl groups is 3. The fourth-order valence-electron chi connectivity index (χ4n) is 7.56. The second-order valence-electron chi connectivity index (χ2n) is 12.1. The van der Waals surface area contributed by atoms with Crippen LogP contribution in [-0.4, -0.2) is 39.4 Å². The Morgan fingerprint density at radius 2 is 1.76 bits per heavy atom. The van der Waals surface area contributed by atoms with Gasteiger partial charge in [-0.15, -0.1) is 0 Å². The lowest BCUT2D eigenvalue weighted by atomic mass is 9.55. The molecule has 6 heteroatoms. The Hall–Kier alpha value is -3.51. The summed E-state index contributed by atoms with van der Waals surface area (Å²) in [7, 11) is 1.52. The van der Waals surface area contributed by atoms with E-state index in [1.807, 2.05) is 30.3 Å². The Morgan fingerprint density at radius 3 is 2.54 bits per heavy atom. The number of aliphatic hydroxyl groups excluding tert-OH is 1. The number of methoxy groups -OCH3 is 1. The van der Waals surface area contributed by atoms with E-state index in [0.717, 1.165) is 68.1 Å². The van der Waals surface area contributed by atoms with Crippen LogP contribution in [0.5, 0.6) is 23.0 Å². The maximum absolute atomic E-state index is 13.5. The van der Waals surface area contributed by atoms with Gasteiger partial charge in [-0.1, -0.05) is 55.3 Å². The highest BCUT2D eigenvalue weighted by molar-refractivity contribution is 5.80. The molecule has 2 aliphatic carbocycles. The third-order valence-corrected chi connectivity index (χ3v) is 9.58. The van der Waals surface area contributed by atoms with Crippen LogP contribution in [0.3, 0.4) is 0 Å². The van der Waals surface area contributed by atoms with Gasteiger partial charge < -0.3 is 25.2 Å². The van der Waals surface area contributed by atoms with Gasteiger partial charge in [0.1, 0.15) is 5.78 Å². The van der Waals surface area contributed by atoms with Gasteiger partial charge >= 0.3 is 0 Å². The molecule has 0 radical (unpaired) electrons. The van der Waals surface area contributed by atoms with Crippen LogP contribution >= 0.6 is 0 Å². The lowest BCUT2D eigenvalue weighted by Gasteiger charge is -2.50. The molecule has 3 aromatic carbocycles. The zero-order valence-corrected chi connectivity index (χ0v) is 23.9. The van der Waals surface area contributed by atoms with Crippen LogP contribution < -0.4 is 4.74 Å². The number of aryl methyl sites for hydroxylation is 1. The van der Waals surface area contributed by atoms with Gasteiger partial charge in [0, 0.05) is 23.8 Å². The zero-order chi connectivity index (χ0) is 29.0. The van der Waals surface area contributed by atoms with Crippen LogP contribution in [0.15, 0.2) is 60.7 Å². The molecule has 0 saturated heterocycles. The average Bonchev–Trinajstić information content (AvgIpc) is 2.97. The Morgan fingerprint density at radius 1 is 0.976 bits per heavy atom. The highest BCUT2D eigenvalue weighted by Crippen LogP contribution is 2.55. The normalized spacial score (nSPS) is 21.4. The number of carbonyl (C=O) groups excluding carboxylic acids is 1. The smallest absolute Gasteiger partial charge is 0.160 e. The first kappa shape index (κ1) is 29.0. The first-order valence-corrected chi connectivity index (χ1v) is 15.0. The highest BCUT2D eigenvalue weighted by Gasteiger charge is 2.47. The highest BCUT2D eigenvalue weighted by atomic mass is 16.5. The number of Topliss-reactive ketones (excluding diaryl/α,β-unsaturated/α-hetero) is 1. The Bertz CT molecular complexity index is 1350. The molecule has 1 saturated carbocycles. The van der Waals surface area contributed by atoms with E-state index in [1.165, 1.54) is 12.7 Å². The molecule has 41 heavy (non-hydrogen) atoms. The molecule has 5 rings (SSSR count). The average molecular weight is 559 g/mol. The molecule has 0 heterocycles. The first-order valence-electron chi connectivity index (χ1n) is 15.0. The first-order chi connectivity index (χ1) is 19.8. The molecule has 0 spiro atoms. The van der Waals surface area contributed by atoms with Crippen LogP contribution in [0.25, 0.3) is 0 Å². The third-order valence-electron chi connectivity index (χ3n) is 9.58. The van der Waals surface area contributed by atoms with Crippen molar-refractivity contribution in [2.24, 2.45) is 5.92 Å². The molecule has 4 atom stereocenters. The van der Waals surface area contributed by atoms with Crippen molar-refractivity contribution in [1.82, 2.24) is 0 Å². The van der Waals surface area contributed by atoms with Crippen LogP contribution in [0.2, 0.25) is 0 Å². The van der Waals surface area contributed by atoms with Gasteiger partial charge in [-0.3, -0.25) is 4.79 Å². The van der Waals surface area contributed by atoms with Crippen LogP contribution in [0.4, 0.5) is 0 Å². The molecule has 1 fully saturated rings. The number of fused-ring (bicyclic) bond motifs is 3. The number of phenols is 3. The van der Waals surface area contributed by atoms with Crippen molar-refractivity contribution in [1.29, 1.82) is 0 Å². The summed E-state index contributed by atoms with van der Waals surface area (Å²) in [4.78, 5) is 13.5. The van der Waals surface area contributed by atoms with E-state index in [9.17, 15) is 25.2 Å². The standard InChI is InChI=1S/C35H42O6/c1-41-33-20-25(12-16-31(33)38)24(11-10-23-7-3-2-4-8-23)19-27(36)21-28(37)22-35-18-6-5-9-26(35)13-14-29-30(35)15-17-32(39)34(29)40/h2-4,7-8,12,15-17,20,24,26,28,37-40H,5-6,9-11,13-14,18-19,21-22H2,1H3/t24-,26-,28+,35+/m1/s1. The quantitative estimate of drug-likeness (QED) is 0.195. The molecular formula is C35H42O6. The minimum Gasteiger partial charge on any atom is -0.504 e. The SMILES string of the molecule is COc1cc([C@H](CCc2ccccc2)CC(=O)C[C@H](O)C[C@@]23CCCC[C@@H]2CCc2c3ccc(O)c2O)ccc1O. The minimum atomic E-state index is -0.797. The molecule has 0 bridgehead atoms. The van der Waals surface area contributed by atoms with Gasteiger partial charge in [-0.2, -0.15) is 0 Å². The van der Waals surface area contributed by atoms with Gasteiger partial charge in [0.25, 0.3) is 0 Å². The molecule has 0 aliphatic heterocycles. The summed E-state index contributed by atoms with van der Waals surface area (Å²) >= 11 is 0. The van der Waals surface area contributed by atoms with E-state index in [4.69, 9.17) is 4.74 Å². The van der Waals surface area contributed by atoms with Crippen LogP contribution in [0.1, 0.15) is 86.0 Å². The Balaban J connectivity index is 1.33. The predicted molar refractivity (Wildman–Crippen MR) is 159 cm³/mol. The number of ether oxygens (including phenoxy) is 1. The van der Waals surface area contributed by atoms with Crippen molar-refractivity contribution in [2.45, 2.75) is 88.1 Å². The monoisotopic (exact) mass is 558 g/mol. The van der Waals surface area contributed by atoms with Gasteiger partial charge in [0.15, 0.2) is 23.0 Å². The van der Waals surface area contributed by atoms with E-state index >= 15 is 0 Å². The fourth-order valence-corrected chi connectivity index (χ4v) is 7.56. The number of benzene rings is 3. The number of hydrogen-bond donors (Lipinski definition) is 4. The fraction of sp³-hybridized carbons (Fsp3) is 0.457. The lowest BCUT2D eigenvalue weighted by molar-refractivity contribution is -0.121. The van der Waals surface area contributed by atoms with E-state index in [-0.39, 0.29) is 40.8 Å². The summed E-state index contributed by atoms with van der Waals surface area (Å²) in [6.45, 7) is 0. The maximum atomic E-state index is 13.5. The van der Waals surface area contributed by atoms with Crippen LogP contribution in [0, 0.1) is 5.92 Å². The maximum Gasteiger partial charge on any atom is 0.160 e. The zero-order valence-electron chi connectivity index (χ0n) is 23.9. The Labute approximate surface area is 242 Å². The molecule has 0 amide bonds. The van der Waals surface area contributed by atoms with E-state index in [1.54, 1.807) is 18.2 Å².